The molecule has 0 aliphatic heterocycles. The lowest BCUT2D eigenvalue weighted by Gasteiger charge is -2.01. The molecule has 0 radical (unpaired) electrons. The second-order valence-corrected chi connectivity index (χ2v) is 4.68. The Bertz CT molecular complexity index is 578. The first-order chi connectivity index (χ1) is 10.2. The van der Waals surface area contributed by atoms with Crippen molar-refractivity contribution in [1.29, 1.82) is 0 Å². The fourth-order valence-corrected chi connectivity index (χ4v) is 1.92. The lowest BCUT2D eigenvalue weighted by molar-refractivity contribution is -0.137. The molecule has 1 heterocycles. The van der Waals surface area contributed by atoms with Gasteiger partial charge in [0.15, 0.2) is 0 Å². The molecule has 0 aliphatic rings. The number of carboxylic acid groups (broad SMARTS) is 1. The maximum Gasteiger partial charge on any atom is 0.303 e. The first kappa shape index (κ1) is 15.0. The molecule has 1 aromatic heterocycles. The summed E-state index contributed by atoms with van der Waals surface area (Å²) in [6.45, 7) is 0. The Labute approximate surface area is 122 Å². The van der Waals surface area contributed by atoms with Crippen molar-refractivity contribution in [3.05, 3.63) is 41.6 Å². The predicted molar refractivity (Wildman–Crippen MR) is 75.3 cm³/mol. The van der Waals surface area contributed by atoms with E-state index in [4.69, 9.17) is 14.3 Å². The van der Waals surface area contributed by atoms with E-state index in [1.165, 1.54) is 5.56 Å². The van der Waals surface area contributed by atoms with Crippen molar-refractivity contribution < 1.29 is 19.1 Å². The summed E-state index contributed by atoms with van der Waals surface area (Å²) in [5.74, 6) is 1.10. The fraction of sp³-hybridized carbons (Fsp3) is 0.400. The molecule has 0 aliphatic carbocycles. The molecule has 0 bridgehead atoms. The molecule has 0 atom stereocenters. The van der Waals surface area contributed by atoms with Gasteiger partial charge in [-0.3, -0.25) is 4.79 Å². The average Bonchev–Trinajstić information content (AvgIpc) is 2.93. The van der Waals surface area contributed by atoms with Gasteiger partial charge in [-0.25, -0.2) is 0 Å². The standard InChI is InChI=1S/C15H18N2O4/c1-20-12-8-5-11(6-9-12)7-10-14-17-16-13(21-14)3-2-4-15(18)19/h5-6,8-9H,2-4,7,10H2,1H3,(H,18,19). The molecular weight excluding hydrogens is 272 g/mol. The van der Waals surface area contributed by atoms with E-state index in [0.29, 0.717) is 31.0 Å². The summed E-state index contributed by atoms with van der Waals surface area (Å²) in [6, 6.07) is 7.84. The highest BCUT2D eigenvalue weighted by Crippen LogP contribution is 2.13. The van der Waals surface area contributed by atoms with Crippen LogP contribution in [0.3, 0.4) is 0 Å². The van der Waals surface area contributed by atoms with E-state index in [9.17, 15) is 4.79 Å². The molecule has 21 heavy (non-hydrogen) atoms. The van der Waals surface area contributed by atoms with Gasteiger partial charge >= 0.3 is 5.97 Å². The van der Waals surface area contributed by atoms with Crippen LogP contribution in [0, 0.1) is 0 Å². The van der Waals surface area contributed by atoms with Gasteiger partial charge < -0.3 is 14.3 Å². The van der Waals surface area contributed by atoms with Crippen LogP contribution in [0.25, 0.3) is 0 Å². The highest BCUT2D eigenvalue weighted by Gasteiger charge is 2.07. The average molecular weight is 290 g/mol. The molecule has 112 valence electrons. The van der Waals surface area contributed by atoms with Crippen LogP contribution < -0.4 is 4.74 Å². The number of hydrogen-bond donors (Lipinski definition) is 1. The molecule has 0 saturated carbocycles. The van der Waals surface area contributed by atoms with Crippen molar-refractivity contribution in [2.24, 2.45) is 0 Å². The van der Waals surface area contributed by atoms with Crippen molar-refractivity contribution in [3.63, 3.8) is 0 Å². The monoisotopic (exact) mass is 290 g/mol. The Morgan fingerprint density at radius 3 is 2.43 bits per heavy atom. The smallest absolute Gasteiger partial charge is 0.303 e. The van der Waals surface area contributed by atoms with Crippen molar-refractivity contribution >= 4 is 5.97 Å². The molecule has 0 amide bonds. The van der Waals surface area contributed by atoms with E-state index >= 15 is 0 Å². The number of aromatic nitrogens is 2. The molecule has 6 heteroatoms. The van der Waals surface area contributed by atoms with Crippen LogP contribution in [0.5, 0.6) is 5.75 Å². The van der Waals surface area contributed by atoms with Gasteiger partial charge in [0.25, 0.3) is 0 Å². The maximum absolute atomic E-state index is 10.4. The number of aliphatic carboxylic acids is 1. The van der Waals surface area contributed by atoms with Crippen LogP contribution in [-0.4, -0.2) is 28.4 Å². The Balaban J connectivity index is 1.80. The zero-order valence-electron chi connectivity index (χ0n) is 11.9. The molecule has 2 aromatic rings. The molecule has 0 spiro atoms. The quantitative estimate of drug-likeness (QED) is 0.802. The van der Waals surface area contributed by atoms with Crippen molar-refractivity contribution in [2.45, 2.75) is 32.1 Å². The van der Waals surface area contributed by atoms with E-state index in [2.05, 4.69) is 10.2 Å². The van der Waals surface area contributed by atoms with Gasteiger partial charge in [0.2, 0.25) is 11.8 Å². The first-order valence-electron chi connectivity index (χ1n) is 6.83. The summed E-state index contributed by atoms with van der Waals surface area (Å²) in [5, 5.41) is 16.5. The first-order valence-corrected chi connectivity index (χ1v) is 6.83. The number of nitrogens with zero attached hydrogens (tertiary/aromatic N) is 2. The molecular formula is C15H18N2O4. The van der Waals surface area contributed by atoms with Crippen LogP contribution in [0.15, 0.2) is 28.7 Å². The van der Waals surface area contributed by atoms with Crippen LogP contribution in [0.4, 0.5) is 0 Å². The zero-order valence-corrected chi connectivity index (χ0v) is 11.9. The Morgan fingerprint density at radius 1 is 1.14 bits per heavy atom. The molecule has 0 saturated heterocycles. The highest BCUT2D eigenvalue weighted by molar-refractivity contribution is 5.66. The minimum Gasteiger partial charge on any atom is -0.497 e. The van der Waals surface area contributed by atoms with Gasteiger partial charge in [-0.2, -0.15) is 0 Å². The minimum atomic E-state index is -0.811. The van der Waals surface area contributed by atoms with Crippen LogP contribution in [0.1, 0.15) is 30.2 Å². The predicted octanol–water partition coefficient (Wildman–Crippen LogP) is 2.27. The summed E-state index contributed by atoms with van der Waals surface area (Å²) in [6.07, 6.45) is 2.60. The van der Waals surface area contributed by atoms with Gasteiger partial charge in [0.1, 0.15) is 5.75 Å². The Morgan fingerprint density at radius 2 is 1.81 bits per heavy atom. The molecule has 1 N–H and O–H groups in total. The zero-order chi connectivity index (χ0) is 15.1. The Kier molecular flexibility index (Phi) is 5.31. The third kappa shape index (κ3) is 4.91. The minimum absolute atomic E-state index is 0.115. The number of benzene rings is 1. The van der Waals surface area contributed by atoms with Crippen LogP contribution >= 0.6 is 0 Å². The lowest BCUT2D eigenvalue weighted by Crippen LogP contribution is -1.95. The molecule has 6 nitrogen and oxygen atoms in total. The summed E-state index contributed by atoms with van der Waals surface area (Å²) in [7, 11) is 1.64. The number of rotatable bonds is 8. The SMILES string of the molecule is COc1ccc(CCc2nnc(CCCC(=O)O)o2)cc1. The number of aryl methyl sites for hydroxylation is 3. The number of ether oxygens (including phenoxy) is 1. The van der Waals surface area contributed by atoms with Crippen LogP contribution in [0.2, 0.25) is 0 Å². The summed E-state index contributed by atoms with van der Waals surface area (Å²) < 4.78 is 10.6. The second-order valence-electron chi connectivity index (χ2n) is 4.68. The van der Waals surface area contributed by atoms with E-state index in [-0.39, 0.29) is 6.42 Å². The largest absolute Gasteiger partial charge is 0.497 e. The van der Waals surface area contributed by atoms with E-state index in [1.807, 2.05) is 24.3 Å². The fourth-order valence-electron chi connectivity index (χ4n) is 1.92. The Hall–Kier alpha value is -2.37. The summed E-state index contributed by atoms with van der Waals surface area (Å²) in [5.41, 5.74) is 1.17. The lowest BCUT2D eigenvalue weighted by atomic mass is 10.1. The third-order valence-corrected chi connectivity index (χ3v) is 3.08. The van der Waals surface area contributed by atoms with Gasteiger partial charge in [-0.1, -0.05) is 12.1 Å². The van der Waals surface area contributed by atoms with Crippen molar-refractivity contribution in [3.8, 4) is 5.75 Å². The summed E-state index contributed by atoms with van der Waals surface area (Å²) >= 11 is 0. The van der Waals surface area contributed by atoms with Gasteiger partial charge in [-0.15, -0.1) is 10.2 Å². The summed E-state index contributed by atoms with van der Waals surface area (Å²) in [4.78, 5) is 10.4. The normalized spacial score (nSPS) is 10.5. The third-order valence-electron chi connectivity index (χ3n) is 3.08. The number of methoxy groups -OCH3 is 1. The number of carboxylic acids is 1. The highest BCUT2D eigenvalue weighted by atomic mass is 16.5. The second kappa shape index (κ2) is 7.42. The van der Waals surface area contributed by atoms with E-state index in [0.717, 1.165) is 12.2 Å². The number of hydrogen-bond acceptors (Lipinski definition) is 5. The van der Waals surface area contributed by atoms with Crippen LogP contribution in [-0.2, 0) is 24.1 Å². The number of carbonyl (C=O) groups is 1. The van der Waals surface area contributed by atoms with Crippen molar-refractivity contribution in [1.82, 2.24) is 10.2 Å². The van der Waals surface area contributed by atoms with E-state index < -0.39 is 5.97 Å². The van der Waals surface area contributed by atoms with Gasteiger partial charge in [0, 0.05) is 19.3 Å². The molecule has 1 aromatic carbocycles. The molecule has 0 unspecified atom stereocenters. The maximum atomic E-state index is 10.4. The van der Waals surface area contributed by atoms with E-state index in [1.54, 1.807) is 7.11 Å². The topological polar surface area (TPSA) is 85.5 Å². The van der Waals surface area contributed by atoms with Gasteiger partial charge in [0.05, 0.1) is 7.11 Å². The molecule has 0 fully saturated rings. The molecule has 2 rings (SSSR count). The van der Waals surface area contributed by atoms with Crippen molar-refractivity contribution in [2.75, 3.05) is 7.11 Å². The van der Waals surface area contributed by atoms with Gasteiger partial charge in [-0.05, 0) is 30.5 Å².